The zero-order valence-electron chi connectivity index (χ0n) is 11.6. The van der Waals surface area contributed by atoms with Crippen molar-refractivity contribution in [1.82, 2.24) is 10.6 Å². The van der Waals surface area contributed by atoms with E-state index in [0.717, 1.165) is 25.9 Å². The summed E-state index contributed by atoms with van der Waals surface area (Å²) in [4.78, 5) is 12.4. The smallest absolute Gasteiger partial charge is 0.252 e. The molecule has 1 amide bonds. The summed E-state index contributed by atoms with van der Waals surface area (Å²) in [6.07, 6.45) is 1.74. The zero-order valence-corrected chi connectivity index (χ0v) is 12.4. The van der Waals surface area contributed by atoms with E-state index in [0.29, 0.717) is 0 Å². The fraction of sp³-hybridized carbons (Fsp3) is 0.500. The first-order valence-electron chi connectivity index (χ1n) is 6.88. The highest BCUT2D eigenvalue weighted by Crippen LogP contribution is 2.17. The highest BCUT2D eigenvalue weighted by molar-refractivity contribution is 7.91. The van der Waals surface area contributed by atoms with Gasteiger partial charge in [0.25, 0.3) is 5.91 Å². The van der Waals surface area contributed by atoms with E-state index in [-0.39, 0.29) is 28.2 Å². The highest BCUT2D eigenvalue weighted by Gasteiger charge is 2.22. The van der Waals surface area contributed by atoms with Crippen LogP contribution in [0, 0.1) is 0 Å². The lowest BCUT2D eigenvalue weighted by molar-refractivity contribution is 0.0926. The van der Waals surface area contributed by atoms with Gasteiger partial charge in [0.1, 0.15) is 0 Å². The molecule has 0 aliphatic carbocycles. The second-order valence-electron chi connectivity index (χ2n) is 4.90. The Labute approximate surface area is 119 Å². The molecule has 0 unspecified atom stereocenters. The van der Waals surface area contributed by atoms with Crippen molar-refractivity contribution in [2.75, 3.05) is 18.8 Å². The molecule has 1 aromatic carbocycles. The molecule has 0 atom stereocenters. The Balaban J connectivity index is 2.21. The summed E-state index contributed by atoms with van der Waals surface area (Å²) < 4.78 is 24.1. The first-order chi connectivity index (χ1) is 9.54. The van der Waals surface area contributed by atoms with Gasteiger partial charge in [-0.05, 0) is 38.1 Å². The number of carbonyl (C=O) groups excluding carboxylic acids is 1. The van der Waals surface area contributed by atoms with E-state index in [1.807, 2.05) is 0 Å². The number of sulfone groups is 1. The van der Waals surface area contributed by atoms with Gasteiger partial charge in [0, 0.05) is 6.04 Å². The summed E-state index contributed by atoms with van der Waals surface area (Å²) in [6.45, 7) is 3.33. The van der Waals surface area contributed by atoms with Crippen molar-refractivity contribution in [3.05, 3.63) is 29.8 Å². The van der Waals surface area contributed by atoms with Crippen LogP contribution < -0.4 is 10.6 Å². The molecular weight excluding hydrogens is 276 g/mol. The number of benzene rings is 1. The highest BCUT2D eigenvalue weighted by atomic mass is 32.2. The van der Waals surface area contributed by atoms with E-state index in [1.54, 1.807) is 25.1 Å². The maximum Gasteiger partial charge on any atom is 0.252 e. The van der Waals surface area contributed by atoms with Gasteiger partial charge in [0.15, 0.2) is 9.84 Å². The average molecular weight is 296 g/mol. The van der Waals surface area contributed by atoms with Crippen LogP contribution in [0.1, 0.15) is 30.1 Å². The van der Waals surface area contributed by atoms with Gasteiger partial charge in [-0.3, -0.25) is 4.79 Å². The molecule has 1 heterocycles. The maximum absolute atomic E-state index is 12.3. The number of amides is 1. The van der Waals surface area contributed by atoms with Crippen LogP contribution in [-0.4, -0.2) is 39.2 Å². The third kappa shape index (κ3) is 3.37. The first kappa shape index (κ1) is 15.0. The molecule has 1 aliphatic heterocycles. The first-order valence-corrected chi connectivity index (χ1v) is 8.53. The number of rotatable bonds is 4. The minimum atomic E-state index is -3.39. The quantitative estimate of drug-likeness (QED) is 0.868. The van der Waals surface area contributed by atoms with Gasteiger partial charge < -0.3 is 10.6 Å². The molecule has 20 heavy (non-hydrogen) atoms. The average Bonchev–Trinajstić information content (AvgIpc) is 2.48. The SMILES string of the molecule is CCS(=O)(=O)c1ccccc1C(=O)NC1CCNCC1. The van der Waals surface area contributed by atoms with Crippen LogP contribution in [0.15, 0.2) is 29.2 Å². The van der Waals surface area contributed by atoms with Crippen molar-refractivity contribution >= 4 is 15.7 Å². The summed E-state index contributed by atoms with van der Waals surface area (Å²) in [7, 11) is -3.39. The van der Waals surface area contributed by atoms with Crippen molar-refractivity contribution < 1.29 is 13.2 Å². The lowest BCUT2D eigenvalue weighted by atomic mass is 10.1. The van der Waals surface area contributed by atoms with Gasteiger partial charge in [-0.2, -0.15) is 0 Å². The molecule has 0 spiro atoms. The Morgan fingerprint density at radius 1 is 1.30 bits per heavy atom. The Morgan fingerprint density at radius 3 is 2.60 bits per heavy atom. The fourth-order valence-electron chi connectivity index (χ4n) is 2.31. The summed E-state index contributed by atoms with van der Waals surface area (Å²) >= 11 is 0. The van der Waals surface area contributed by atoms with Crippen molar-refractivity contribution in [3.8, 4) is 0 Å². The molecule has 110 valence electrons. The minimum absolute atomic E-state index is 0.00928. The van der Waals surface area contributed by atoms with Gasteiger partial charge in [0.05, 0.1) is 16.2 Å². The Kier molecular flexibility index (Phi) is 4.77. The molecule has 1 aliphatic rings. The number of hydrogen-bond acceptors (Lipinski definition) is 4. The van der Waals surface area contributed by atoms with Crippen LogP contribution in [0.4, 0.5) is 0 Å². The summed E-state index contributed by atoms with van der Waals surface area (Å²) in [5.41, 5.74) is 0.243. The van der Waals surface area contributed by atoms with Crippen molar-refractivity contribution in [1.29, 1.82) is 0 Å². The Morgan fingerprint density at radius 2 is 1.95 bits per heavy atom. The van der Waals surface area contributed by atoms with Gasteiger partial charge >= 0.3 is 0 Å². The molecular formula is C14H20N2O3S. The Bertz CT molecular complexity index is 578. The monoisotopic (exact) mass is 296 g/mol. The van der Waals surface area contributed by atoms with Crippen LogP contribution in [0.3, 0.4) is 0 Å². The molecule has 0 bridgehead atoms. The minimum Gasteiger partial charge on any atom is -0.349 e. The van der Waals surface area contributed by atoms with E-state index < -0.39 is 9.84 Å². The topological polar surface area (TPSA) is 75.3 Å². The van der Waals surface area contributed by atoms with Crippen LogP contribution >= 0.6 is 0 Å². The Hall–Kier alpha value is -1.40. The third-order valence-electron chi connectivity index (χ3n) is 3.52. The standard InChI is InChI=1S/C14H20N2O3S/c1-2-20(18,19)13-6-4-3-5-12(13)14(17)16-11-7-9-15-10-8-11/h3-6,11,15H,2,7-10H2,1H3,(H,16,17). The summed E-state index contributed by atoms with van der Waals surface area (Å²) in [5, 5.41) is 6.15. The molecule has 0 aromatic heterocycles. The zero-order chi connectivity index (χ0) is 14.6. The lowest BCUT2D eigenvalue weighted by Crippen LogP contribution is -2.43. The van der Waals surface area contributed by atoms with E-state index in [9.17, 15) is 13.2 Å². The van der Waals surface area contributed by atoms with Gasteiger partial charge in [-0.25, -0.2) is 8.42 Å². The van der Waals surface area contributed by atoms with E-state index >= 15 is 0 Å². The fourth-order valence-corrected chi connectivity index (χ4v) is 3.40. The largest absolute Gasteiger partial charge is 0.349 e. The molecule has 6 heteroatoms. The van der Waals surface area contributed by atoms with Crippen LogP contribution in [0.2, 0.25) is 0 Å². The maximum atomic E-state index is 12.3. The van der Waals surface area contributed by atoms with Crippen molar-refractivity contribution in [2.24, 2.45) is 0 Å². The third-order valence-corrected chi connectivity index (χ3v) is 5.31. The molecule has 1 aromatic rings. The normalized spacial score (nSPS) is 16.9. The number of nitrogens with one attached hydrogen (secondary N) is 2. The van der Waals surface area contributed by atoms with Gasteiger partial charge in [0.2, 0.25) is 0 Å². The predicted molar refractivity (Wildman–Crippen MR) is 77.5 cm³/mol. The second kappa shape index (κ2) is 6.37. The van der Waals surface area contributed by atoms with E-state index in [1.165, 1.54) is 6.07 Å². The number of hydrogen-bond donors (Lipinski definition) is 2. The van der Waals surface area contributed by atoms with Crippen LogP contribution in [-0.2, 0) is 9.84 Å². The number of carbonyl (C=O) groups is 1. The second-order valence-corrected chi connectivity index (χ2v) is 7.14. The van der Waals surface area contributed by atoms with Gasteiger partial charge in [-0.15, -0.1) is 0 Å². The molecule has 5 nitrogen and oxygen atoms in total. The van der Waals surface area contributed by atoms with E-state index in [4.69, 9.17) is 0 Å². The van der Waals surface area contributed by atoms with Gasteiger partial charge in [-0.1, -0.05) is 19.1 Å². The van der Waals surface area contributed by atoms with E-state index in [2.05, 4.69) is 10.6 Å². The molecule has 2 N–H and O–H groups in total. The van der Waals surface area contributed by atoms with Crippen LogP contribution in [0.5, 0.6) is 0 Å². The predicted octanol–water partition coefficient (Wildman–Crippen LogP) is 0.962. The molecule has 1 saturated heterocycles. The molecule has 0 radical (unpaired) electrons. The van der Waals surface area contributed by atoms with Crippen LogP contribution in [0.25, 0.3) is 0 Å². The molecule has 1 fully saturated rings. The summed E-state index contributed by atoms with van der Waals surface area (Å²) in [5.74, 6) is -0.311. The lowest BCUT2D eigenvalue weighted by Gasteiger charge is -2.24. The summed E-state index contributed by atoms with van der Waals surface area (Å²) in [6, 6.07) is 6.51. The molecule has 2 rings (SSSR count). The van der Waals surface area contributed by atoms with Crippen molar-refractivity contribution in [3.63, 3.8) is 0 Å². The molecule has 0 saturated carbocycles. The van der Waals surface area contributed by atoms with Crippen molar-refractivity contribution in [2.45, 2.75) is 30.7 Å². The number of piperidine rings is 1.